The number of para-hydroxylation sites is 1. The van der Waals surface area contributed by atoms with E-state index in [1.165, 1.54) is 20.4 Å². The van der Waals surface area contributed by atoms with E-state index in [9.17, 15) is 0 Å². The lowest BCUT2D eigenvalue weighted by Gasteiger charge is -2.20. The zero-order valence-electron chi connectivity index (χ0n) is 14.0. The van der Waals surface area contributed by atoms with Gasteiger partial charge in [-0.15, -0.1) is 0 Å². The number of fused-ring (bicyclic) bond motifs is 2. The Morgan fingerprint density at radius 2 is 1.84 bits per heavy atom. The second-order valence-corrected chi connectivity index (χ2v) is 7.77. The van der Waals surface area contributed by atoms with Crippen molar-refractivity contribution in [3.63, 3.8) is 0 Å². The van der Waals surface area contributed by atoms with E-state index >= 15 is 0 Å². The lowest BCUT2D eigenvalue weighted by atomic mass is 10.1. The summed E-state index contributed by atoms with van der Waals surface area (Å²) >= 11 is 3.64. The molecule has 0 bridgehead atoms. The summed E-state index contributed by atoms with van der Waals surface area (Å²) in [5.74, 6) is 1.91. The molecule has 132 valence electrons. The lowest BCUT2D eigenvalue weighted by molar-refractivity contribution is -0.547. The zero-order chi connectivity index (χ0) is 16.4. The number of ether oxygens (including phenoxy) is 2. The molecule has 0 amide bonds. The van der Waals surface area contributed by atoms with Gasteiger partial charge in [-0.25, -0.2) is 4.58 Å². The summed E-state index contributed by atoms with van der Waals surface area (Å²) in [5.41, 5.74) is 1.33. The standard InChI is InChI=1S/C19H20NO2S2.HI/c1-23-19(20-8-10-21-11-9-20)13-14-6-7-16-18(12-14)24-17-5-3-2-4-15(17)22-16;/h2-7,12H,8-11,13H2,1H3;1H/q+1;/p-1. The van der Waals surface area contributed by atoms with Gasteiger partial charge in [0.15, 0.2) is 13.1 Å². The second-order valence-electron chi connectivity index (χ2n) is 5.81. The molecule has 4 rings (SSSR count). The van der Waals surface area contributed by atoms with Crippen molar-refractivity contribution in [2.75, 3.05) is 32.6 Å². The van der Waals surface area contributed by atoms with E-state index in [1.54, 1.807) is 11.8 Å². The summed E-state index contributed by atoms with van der Waals surface area (Å²) in [4.78, 5) is 2.39. The van der Waals surface area contributed by atoms with E-state index in [0.717, 1.165) is 44.2 Å². The third-order valence-corrected chi connectivity index (χ3v) is 6.22. The quantitative estimate of drug-likeness (QED) is 0.310. The molecule has 2 aromatic carbocycles. The normalized spacial score (nSPS) is 15.5. The summed E-state index contributed by atoms with van der Waals surface area (Å²) in [6.07, 6.45) is 3.13. The Morgan fingerprint density at radius 1 is 1.08 bits per heavy atom. The molecule has 0 aliphatic carbocycles. The third-order valence-electron chi connectivity index (χ3n) is 4.25. The van der Waals surface area contributed by atoms with Gasteiger partial charge in [-0.1, -0.05) is 41.7 Å². The minimum atomic E-state index is 0. The molecule has 1 fully saturated rings. The predicted molar refractivity (Wildman–Crippen MR) is 100 cm³/mol. The van der Waals surface area contributed by atoms with Gasteiger partial charge in [-0.05, 0) is 36.1 Å². The highest BCUT2D eigenvalue weighted by Crippen LogP contribution is 2.47. The van der Waals surface area contributed by atoms with Crippen molar-refractivity contribution in [2.45, 2.75) is 16.2 Å². The van der Waals surface area contributed by atoms with Gasteiger partial charge in [0.2, 0.25) is 5.04 Å². The predicted octanol–water partition coefficient (Wildman–Crippen LogP) is 1.29. The summed E-state index contributed by atoms with van der Waals surface area (Å²) < 4.78 is 13.9. The van der Waals surface area contributed by atoms with E-state index in [1.807, 2.05) is 23.9 Å². The average Bonchev–Trinajstić information content (AvgIpc) is 2.65. The molecule has 6 heteroatoms. The van der Waals surface area contributed by atoms with E-state index in [4.69, 9.17) is 9.47 Å². The minimum Gasteiger partial charge on any atom is -1.00 e. The minimum absolute atomic E-state index is 0. The van der Waals surface area contributed by atoms with Crippen LogP contribution in [0.5, 0.6) is 11.5 Å². The van der Waals surface area contributed by atoms with Crippen LogP contribution in [0, 0.1) is 0 Å². The van der Waals surface area contributed by atoms with Gasteiger partial charge in [-0.3, -0.25) is 0 Å². The van der Waals surface area contributed by atoms with Crippen LogP contribution in [0.2, 0.25) is 0 Å². The summed E-state index contributed by atoms with van der Waals surface area (Å²) in [7, 11) is 0. The number of morpholine rings is 1. The highest BCUT2D eigenvalue weighted by Gasteiger charge is 2.21. The van der Waals surface area contributed by atoms with Crippen molar-refractivity contribution in [3.8, 4) is 11.5 Å². The van der Waals surface area contributed by atoms with E-state index in [0.29, 0.717) is 0 Å². The number of hydrogen-bond donors (Lipinski definition) is 0. The molecular weight excluding hydrogens is 465 g/mol. The second kappa shape index (κ2) is 8.79. The Balaban J connectivity index is 0.00000182. The fourth-order valence-electron chi connectivity index (χ4n) is 2.98. The van der Waals surface area contributed by atoms with Gasteiger partial charge in [0, 0.05) is 0 Å². The molecule has 2 aliphatic rings. The number of rotatable bonds is 2. The Morgan fingerprint density at radius 3 is 2.64 bits per heavy atom. The number of halogens is 1. The number of nitrogens with zero attached hydrogens (tertiary/aromatic N) is 1. The average molecular weight is 485 g/mol. The Bertz CT molecular complexity index is 787. The summed E-state index contributed by atoms with van der Waals surface area (Å²) in [5, 5.41) is 1.42. The molecule has 0 unspecified atom stereocenters. The fraction of sp³-hybridized carbons (Fsp3) is 0.316. The number of hydrogen-bond acceptors (Lipinski definition) is 4. The maximum atomic E-state index is 6.02. The van der Waals surface area contributed by atoms with Crippen LogP contribution in [0.15, 0.2) is 52.3 Å². The van der Waals surface area contributed by atoms with Crippen LogP contribution in [0.25, 0.3) is 0 Å². The Labute approximate surface area is 174 Å². The summed E-state index contributed by atoms with van der Waals surface area (Å²) in [6, 6.07) is 14.8. The maximum absolute atomic E-state index is 6.02. The highest BCUT2D eigenvalue weighted by molar-refractivity contribution is 8.13. The van der Waals surface area contributed by atoms with Crippen LogP contribution in [-0.4, -0.2) is 42.2 Å². The smallest absolute Gasteiger partial charge is 0.214 e. The molecule has 2 aromatic rings. The third kappa shape index (κ3) is 4.35. The van der Waals surface area contributed by atoms with Crippen molar-refractivity contribution in [2.24, 2.45) is 0 Å². The molecule has 25 heavy (non-hydrogen) atoms. The zero-order valence-corrected chi connectivity index (χ0v) is 17.8. The first-order valence-corrected chi connectivity index (χ1v) is 10.2. The molecule has 0 radical (unpaired) electrons. The van der Waals surface area contributed by atoms with Crippen LogP contribution in [0.1, 0.15) is 5.56 Å². The number of thioether (sulfide) groups is 1. The molecule has 2 aliphatic heterocycles. The Kier molecular flexibility index (Phi) is 6.71. The number of benzene rings is 2. The van der Waals surface area contributed by atoms with E-state index in [2.05, 4.69) is 41.2 Å². The first kappa shape index (κ1) is 19.1. The van der Waals surface area contributed by atoms with Crippen molar-refractivity contribution in [1.82, 2.24) is 0 Å². The monoisotopic (exact) mass is 485 g/mol. The SMILES string of the molecule is CSC(Cc1ccc2c(c1)Sc1ccccc1O2)=[N+]1CCOCC1.[I-]. The molecule has 2 heterocycles. The molecule has 0 saturated carbocycles. The molecule has 1 saturated heterocycles. The van der Waals surface area contributed by atoms with Crippen LogP contribution >= 0.6 is 23.5 Å². The van der Waals surface area contributed by atoms with Crippen molar-refractivity contribution < 1.29 is 38.0 Å². The van der Waals surface area contributed by atoms with Crippen LogP contribution in [-0.2, 0) is 11.2 Å². The Hall–Kier alpha value is -0.700. The van der Waals surface area contributed by atoms with Gasteiger partial charge in [0.25, 0.3) is 0 Å². The van der Waals surface area contributed by atoms with Crippen molar-refractivity contribution in [1.29, 1.82) is 0 Å². The van der Waals surface area contributed by atoms with Gasteiger partial charge >= 0.3 is 0 Å². The van der Waals surface area contributed by atoms with Gasteiger partial charge < -0.3 is 33.5 Å². The fourth-order valence-corrected chi connectivity index (χ4v) is 4.75. The van der Waals surface area contributed by atoms with Gasteiger partial charge in [0.1, 0.15) is 24.7 Å². The maximum Gasteiger partial charge on any atom is 0.214 e. The molecular formula is C19H20INO2S2. The first-order chi connectivity index (χ1) is 11.8. The van der Waals surface area contributed by atoms with Gasteiger partial charge in [-0.2, -0.15) is 0 Å². The summed E-state index contributed by atoms with van der Waals surface area (Å²) in [6.45, 7) is 3.64. The van der Waals surface area contributed by atoms with E-state index in [-0.39, 0.29) is 24.0 Å². The van der Waals surface area contributed by atoms with Crippen molar-refractivity contribution >= 4 is 28.6 Å². The van der Waals surface area contributed by atoms with Crippen LogP contribution in [0.3, 0.4) is 0 Å². The van der Waals surface area contributed by atoms with Crippen molar-refractivity contribution in [3.05, 3.63) is 48.0 Å². The lowest BCUT2D eigenvalue weighted by Crippen LogP contribution is -3.00. The first-order valence-electron chi connectivity index (χ1n) is 8.13. The molecule has 0 aromatic heterocycles. The van der Waals surface area contributed by atoms with E-state index < -0.39 is 0 Å². The van der Waals surface area contributed by atoms with Crippen LogP contribution < -0.4 is 28.7 Å². The van der Waals surface area contributed by atoms with Crippen LogP contribution in [0.4, 0.5) is 0 Å². The largest absolute Gasteiger partial charge is 1.00 e. The van der Waals surface area contributed by atoms with Gasteiger partial charge in [0.05, 0.1) is 16.2 Å². The molecule has 0 N–H and O–H groups in total. The molecule has 0 atom stereocenters. The highest BCUT2D eigenvalue weighted by atomic mass is 127. The topological polar surface area (TPSA) is 21.5 Å². The molecule has 3 nitrogen and oxygen atoms in total. The molecule has 0 spiro atoms.